The van der Waals surface area contributed by atoms with E-state index >= 15 is 0 Å². The van der Waals surface area contributed by atoms with Crippen molar-refractivity contribution in [1.29, 1.82) is 0 Å². The van der Waals surface area contributed by atoms with Crippen LogP contribution >= 0.6 is 27.7 Å². The Morgan fingerprint density at radius 2 is 2.33 bits per heavy atom. The van der Waals surface area contributed by atoms with Gasteiger partial charge >= 0.3 is 0 Å². The van der Waals surface area contributed by atoms with Crippen LogP contribution in [0.5, 0.6) is 0 Å². The molecule has 1 N–H and O–H groups in total. The molecule has 1 aromatic rings. The van der Waals surface area contributed by atoms with Crippen LogP contribution in [0.15, 0.2) is 22.7 Å². The van der Waals surface area contributed by atoms with Crippen LogP contribution in [0, 0.1) is 5.82 Å². The number of rotatable bonds is 3. The molecule has 1 heterocycles. The third-order valence-electron chi connectivity index (χ3n) is 2.95. The van der Waals surface area contributed by atoms with Gasteiger partial charge in [-0.15, -0.1) is 0 Å². The van der Waals surface area contributed by atoms with E-state index < -0.39 is 0 Å². The minimum absolute atomic E-state index is 0.137. The van der Waals surface area contributed by atoms with E-state index in [1.807, 2.05) is 11.8 Å². The van der Waals surface area contributed by atoms with Crippen molar-refractivity contribution < 1.29 is 9.18 Å². The maximum absolute atomic E-state index is 13.1. The largest absolute Gasteiger partial charge is 0.351 e. The summed E-state index contributed by atoms with van der Waals surface area (Å²) in [7, 11) is 0. The van der Waals surface area contributed by atoms with Crippen molar-refractivity contribution in [2.75, 3.05) is 12.3 Å². The molecule has 0 aliphatic carbocycles. The fourth-order valence-electron chi connectivity index (χ4n) is 1.91. The van der Waals surface area contributed by atoms with Crippen molar-refractivity contribution in [1.82, 2.24) is 5.32 Å². The van der Waals surface area contributed by atoms with Gasteiger partial charge < -0.3 is 5.32 Å². The number of carbonyl (C=O) groups is 1. The number of nitrogens with one attached hydrogen (secondary N) is 1. The second kappa shape index (κ2) is 6.57. The van der Waals surface area contributed by atoms with Crippen molar-refractivity contribution in [2.45, 2.75) is 24.5 Å². The van der Waals surface area contributed by atoms with Crippen LogP contribution in [0.25, 0.3) is 0 Å². The fourth-order valence-corrected chi connectivity index (χ4v) is 3.53. The van der Waals surface area contributed by atoms with Gasteiger partial charge in [0.25, 0.3) is 5.91 Å². The average Bonchev–Trinajstić information content (AvgIpc) is 2.40. The molecule has 0 radical (unpaired) electrons. The summed E-state index contributed by atoms with van der Waals surface area (Å²) in [5.74, 6) is 0.694. The standard InChI is InChI=1S/C13H15BrFNOS/c14-11-7-9(4-5-12(11)15)13(17)16-8-10-3-1-2-6-18-10/h4-5,7,10H,1-3,6,8H2,(H,16,17). The highest BCUT2D eigenvalue weighted by Crippen LogP contribution is 2.24. The fraction of sp³-hybridized carbons (Fsp3) is 0.462. The van der Waals surface area contributed by atoms with E-state index in [4.69, 9.17) is 0 Å². The summed E-state index contributed by atoms with van der Waals surface area (Å²) >= 11 is 5.00. The Morgan fingerprint density at radius 3 is 3.00 bits per heavy atom. The Morgan fingerprint density at radius 1 is 1.50 bits per heavy atom. The van der Waals surface area contributed by atoms with Crippen molar-refractivity contribution in [2.24, 2.45) is 0 Å². The maximum Gasteiger partial charge on any atom is 0.251 e. The van der Waals surface area contributed by atoms with Gasteiger partial charge in [0.2, 0.25) is 0 Å². The Kier molecular flexibility index (Phi) is 5.06. The quantitative estimate of drug-likeness (QED) is 0.916. The molecule has 2 rings (SSSR count). The molecule has 0 saturated carbocycles. The SMILES string of the molecule is O=C(NCC1CCCCS1)c1ccc(F)c(Br)c1. The van der Waals surface area contributed by atoms with Crippen LogP contribution < -0.4 is 5.32 Å². The minimum Gasteiger partial charge on any atom is -0.351 e. The molecule has 5 heteroatoms. The lowest BCUT2D eigenvalue weighted by atomic mass is 10.1. The molecule has 0 bridgehead atoms. The summed E-state index contributed by atoms with van der Waals surface area (Å²) < 4.78 is 13.4. The Labute approximate surface area is 119 Å². The number of halogens is 2. The van der Waals surface area contributed by atoms with Gasteiger partial charge in [-0.1, -0.05) is 6.42 Å². The van der Waals surface area contributed by atoms with Crippen molar-refractivity contribution in [3.8, 4) is 0 Å². The van der Waals surface area contributed by atoms with Crippen LogP contribution in [-0.4, -0.2) is 23.5 Å². The molecule has 1 aliphatic heterocycles. The summed E-state index contributed by atoms with van der Waals surface area (Å²) in [6, 6.07) is 4.32. The first-order valence-electron chi connectivity index (χ1n) is 6.01. The molecule has 1 saturated heterocycles. The van der Waals surface area contributed by atoms with Crippen LogP contribution in [0.1, 0.15) is 29.6 Å². The Hall–Kier alpha value is -0.550. The topological polar surface area (TPSA) is 29.1 Å². The molecule has 1 amide bonds. The van der Waals surface area contributed by atoms with Gasteiger partial charge in [0.05, 0.1) is 4.47 Å². The number of amides is 1. The summed E-state index contributed by atoms with van der Waals surface area (Å²) in [6.45, 7) is 0.693. The number of hydrogen-bond donors (Lipinski definition) is 1. The molecular formula is C13H15BrFNOS. The van der Waals surface area contributed by atoms with E-state index in [1.54, 1.807) is 0 Å². The third kappa shape index (κ3) is 3.72. The van der Waals surface area contributed by atoms with Gasteiger partial charge in [0, 0.05) is 17.4 Å². The maximum atomic E-state index is 13.1. The summed E-state index contributed by atoms with van der Waals surface area (Å²) in [6.07, 6.45) is 3.69. The van der Waals surface area contributed by atoms with Crippen molar-refractivity contribution in [3.05, 3.63) is 34.1 Å². The first kappa shape index (κ1) is 13.9. The summed E-state index contributed by atoms with van der Waals surface area (Å²) in [5, 5.41) is 3.43. The van der Waals surface area contributed by atoms with Gasteiger partial charge in [0.15, 0.2) is 0 Å². The highest BCUT2D eigenvalue weighted by molar-refractivity contribution is 9.10. The predicted molar refractivity (Wildman–Crippen MR) is 76.5 cm³/mol. The Balaban J connectivity index is 1.88. The van der Waals surface area contributed by atoms with Crippen LogP contribution in [0.4, 0.5) is 4.39 Å². The lowest BCUT2D eigenvalue weighted by molar-refractivity contribution is 0.0953. The van der Waals surface area contributed by atoms with E-state index in [-0.39, 0.29) is 11.7 Å². The summed E-state index contributed by atoms with van der Waals surface area (Å²) in [4.78, 5) is 11.9. The van der Waals surface area contributed by atoms with Crippen molar-refractivity contribution >= 4 is 33.6 Å². The number of thioether (sulfide) groups is 1. The second-order valence-corrected chi connectivity index (χ2v) is 6.59. The van der Waals surface area contributed by atoms with Crippen LogP contribution in [0.2, 0.25) is 0 Å². The van der Waals surface area contributed by atoms with Crippen molar-refractivity contribution in [3.63, 3.8) is 0 Å². The average molecular weight is 332 g/mol. The molecule has 1 unspecified atom stereocenters. The molecule has 1 fully saturated rings. The van der Waals surface area contributed by atoms with E-state index in [0.717, 1.165) is 6.42 Å². The molecule has 2 nitrogen and oxygen atoms in total. The van der Waals surface area contributed by atoms with Gasteiger partial charge in [-0.3, -0.25) is 4.79 Å². The van der Waals surface area contributed by atoms with Gasteiger partial charge in [-0.2, -0.15) is 11.8 Å². The zero-order chi connectivity index (χ0) is 13.0. The minimum atomic E-state index is -0.352. The van der Waals surface area contributed by atoms with Gasteiger partial charge in [-0.25, -0.2) is 4.39 Å². The van der Waals surface area contributed by atoms with E-state index in [0.29, 0.717) is 21.8 Å². The highest BCUT2D eigenvalue weighted by Gasteiger charge is 2.15. The van der Waals surface area contributed by atoms with Gasteiger partial charge in [0.1, 0.15) is 5.82 Å². The molecule has 18 heavy (non-hydrogen) atoms. The predicted octanol–water partition coefficient (Wildman–Crippen LogP) is 3.60. The third-order valence-corrected chi connectivity index (χ3v) is 4.95. The lowest BCUT2D eigenvalue weighted by Crippen LogP contribution is -2.31. The normalized spacial score (nSPS) is 19.6. The molecule has 1 aliphatic rings. The molecule has 0 aromatic heterocycles. The molecule has 98 valence electrons. The molecule has 1 aromatic carbocycles. The number of hydrogen-bond acceptors (Lipinski definition) is 2. The number of carbonyl (C=O) groups excluding carboxylic acids is 1. The van der Waals surface area contributed by atoms with E-state index in [1.165, 1.54) is 36.8 Å². The monoisotopic (exact) mass is 331 g/mol. The van der Waals surface area contributed by atoms with E-state index in [9.17, 15) is 9.18 Å². The zero-order valence-corrected chi connectivity index (χ0v) is 12.3. The molecule has 0 spiro atoms. The number of benzene rings is 1. The first-order valence-corrected chi connectivity index (χ1v) is 7.86. The highest BCUT2D eigenvalue weighted by atomic mass is 79.9. The van der Waals surface area contributed by atoms with E-state index in [2.05, 4.69) is 21.2 Å². The lowest BCUT2D eigenvalue weighted by Gasteiger charge is -2.21. The molecule has 1 atom stereocenters. The van der Waals surface area contributed by atoms with Crippen LogP contribution in [0.3, 0.4) is 0 Å². The Bertz CT molecular complexity index is 435. The first-order chi connectivity index (χ1) is 8.66. The van der Waals surface area contributed by atoms with Crippen LogP contribution in [-0.2, 0) is 0 Å². The molecular weight excluding hydrogens is 317 g/mol. The zero-order valence-electron chi connectivity index (χ0n) is 9.92. The van der Waals surface area contributed by atoms with Gasteiger partial charge in [-0.05, 0) is 52.7 Å². The second-order valence-electron chi connectivity index (χ2n) is 4.33. The smallest absolute Gasteiger partial charge is 0.251 e. The summed E-state index contributed by atoms with van der Waals surface area (Å²) in [5.41, 5.74) is 0.490.